The molecule has 100 valence electrons. The number of unbranched alkanes of at least 4 members (excludes halogenated alkanes) is 1. The highest BCUT2D eigenvalue weighted by Crippen LogP contribution is 1.97. The molecule has 0 aliphatic rings. The van der Waals surface area contributed by atoms with Crippen LogP contribution in [-0.2, 0) is 9.47 Å². The van der Waals surface area contributed by atoms with Gasteiger partial charge in [0.15, 0.2) is 0 Å². The molecule has 0 aliphatic heterocycles. The van der Waals surface area contributed by atoms with Gasteiger partial charge in [-0.15, -0.1) is 0 Å². The quantitative estimate of drug-likeness (QED) is 0.597. The fourth-order valence-corrected chi connectivity index (χ4v) is 0.778. The van der Waals surface area contributed by atoms with Gasteiger partial charge in [0.25, 0.3) is 0 Å². The van der Waals surface area contributed by atoms with Crippen molar-refractivity contribution in [3.8, 4) is 0 Å². The maximum Gasteiger partial charge on any atom is 0.0698 e. The van der Waals surface area contributed by atoms with Crippen LogP contribution < -0.4 is 0 Å². The second-order valence-corrected chi connectivity index (χ2v) is 3.50. The normalized spacial score (nSPS) is 11.8. The molecule has 0 aromatic carbocycles. The first-order chi connectivity index (χ1) is 7.72. The summed E-state index contributed by atoms with van der Waals surface area (Å²) >= 11 is 0. The van der Waals surface area contributed by atoms with Crippen LogP contribution in [0.25, 0.3) is 0 Å². The van der Waals surface area contributed by atoms with Crippen molar-refractivity contribution in [2.24, 2.45) is 0 Å². The molecule has 2 N–H and O–H groups in total. The Balaban J connectivity index is 0. The average molecular weight is 236 g/mol. The van der Waals surface area contributed by atoms with Crippen molar-refractivity contribution >= 4 is 0 Å². The molecule has 0 amide bonds. The zero-order valence-electron chi connectivity index (χ0n) is 10.9. The van der Waals surface area contributed by atoms with Gasteiger partial charge in [-0.2, -0.15) is 0 Å². The maximum absolute atomic E-state index is 8.09. The predicted molar refractivity (Wildman–Crippen MR) is 65.6 cm³/mol. The van der Waals surface area contributed by atoms with Gasteiger partial charge < -0.3 is 19.7 Å². The molecule has 0 bridgehead atoms. The van der Waals surface area contributed by atoms with Gasteiger partial charge in [0, 0.05) is 6.61 Å². The maximum atomic E-state index is 8.09. The first kappa shape index (κ1) is 18.2. The Hall–Kier alpha value is -0.160. The van der Waals surface area contributed by atoms with Gasteiger partial charge in [-0.05, 0) is 19.8 Å². The SMILES string of the molecule is CCCCOC(C)CC.OCCOCCO. The van der Waals surface area contributed by atoms with Gasteiger partial charge in [-0.3, -0.25) is 0 Å². The molecule has 0 saturated carbocycles. The Kier molecular flexibility index (Phi) is 19.6. The molecule has 0 aromatic heterocycles. The zero-order valence-corrected chi connectivity index (χ0v) is 10.9. The molecule has 1 atom stereocenters. The molecule has 0 aliphatic carbocycles. The first-order valence-electron chi connectivity index (χ1n) is 6.13. The molecule has 0 saturated heterocycles. The molecular formula is C12H28O4. The summed E-state index contributed by atoms with van der Waals surface area (Å²) in [5, 5.41) is 16.2. The van der Waals surface area contributed by atoms with E-state index in [4.69, 9.17) is 14.9 Å². The van der Waals surface area contributed by atoms with Crippen LogP contribution in [0.3, 0.4) is 0 Å². The Labute approximate surface area is 99.6 Å². The first-order valence-corrected chi connectivity index (χ1v) is 6.13. The summed E-state index contributed by atoms with van der Waals surface area (Å²) in [5.41, 5.74) is 0. The molecule has 0 spiro atoms. The van der Waals surface area contributed by atoms with E-state index in [0.717, 1.165) is 13.0 Å². The molecule has 4 heteroatoms. The van der Waals surface area contributed by atoms with E-state index < -0.39 is 0 Å². The lowest BCUT2D eigenvalue weighted by atomic mass is 10.3. The summed E-state index contributed by atoms with van der Waals surface area (Å²) in [7, 11) is 0. The lowest BCUT2D eigenvalue weighted by molar-refractivity contribution is 0.0617. The second-order valence-electron chi connectivity index (χ2n) is 3.50. The van der Waals surface area contributed by atoms with E-state index in [0.29, 0.717) is 19.3 Å². The minimum atomic E-state index is 0.0278. The average Bonchev–Trinajstić information content (AvgIpc) is 2.31. The molecule has 0 heterocycles. The topological polar surface area (TPSA) is 58.9 Å². The van der Waals surface area contributed by atoms with Crippen molar-refractivity contribution in [1.82, 2.24) is 0 Å². The molecule has 1 unspecified atom stereocenters. The van der Waals surface area contributed by atoms with Crippen LogP contribution in [-0.4, -0.2) is 49.4 Å². The van der Waals surface area contributed by atoms with E-state index in [1.165, 1.54) is 12.8 Å². The van der Waals surface area contributed by atoms with Crippen molar-refractivity contribution in [3.63, 3.8) is 0 Å². The Morgan fingerprint density at radius 3 is 1.94 bits per heavy atom. The summed E-state index contributed by atoms with van der Waals surface area (Å²) in [6.45, 7) is 8.08. The number of rotatable bonds is 9. The number of aliphatic hydroxyl groups excluding tert-OH is 2. The smallest absolute Gasteiger partial charge is 0.0698 e. The predicted octanol–water partition coefficient (Wildman–Crippen LogP) is 1.59. The molecule has 0 radical (unpaired) electrons. The highest BCUT2D eigenvalue weighted by atomic mass is 16.5. The molecule has 0 aromatic rings. The zero-order chi connectivity index (χ0) is 12.6. The Morgan fingerprint density at radius 2 is 1.56 bits per heavy atom. The number of aliphatic hydroxyl groups is 2. The van der Waals surface area contributed by atoms with E-state index in [1.54, 1.807) is 0 Å². The lowest BCUT2D eigenvalue weighted by Crippen LogP contribution is -2.06. The van der Waals surface area contributed by atoms with Crippen molar-refractivity contribution < 1.29 is 19.7 Å². The minimum Gasteiger partial charge on any atom is -0.394 e. The number of hydrogen-bond donors (Lipinski definition) is 2. The fourth-order valence-electron chi connectivity index (χ4n) is 0.778. The van der Waals surface area contributed by atoms with Crippen molar-refractivity contribution in [2.75, 3.05) is 33.0 Å². The van der Waals surface area contributed by atoms with Crippen LogP contribution in [0.2, 0.25) is 0 Å². The van der Waals surface area contributed by atoms with Crippen LogP contribution in [0.1, 0.15) is 40.0 Å². The lowest BCUT2D eigenvalue weighted by Gasteiger charge is -2.08. The highest BCUT2D eigenvalue weighted by molar-refractivity contribution is 4.43. The monoisotopic (exact) mass is 236 g/mol. The Bertz CT molecular complexity index is 105. The standard InChI is InChI=1S/C8H18O.C4H10O3/c1-4-6-7-9-8(3)5-2;5-1-3-7-4-2-6/h8H,4-7H2,1-3H3;5-6H,1-4H2. The van der Waals surface area contributed by atoms with Gasteiger partial charge in [0.05, 0.1) is 32.5 Å². The van der Waals surface area contributed by atoms with Crippen LogP contribution in [0.4, 0.5) is 0 Å². The largest absolute Gasteiger partial charge is 0.394 e. The van der Waals surface area contributed by atoms with Crippen molar-refractivity contribution in [2.45, 2.75) is 46.1 Å². The summed E-state index contributed by atoms with van der Waals surface area (Å²) in [6, 6.07) is 0. The molecule has 0 fully saturated rings. The number of hydrogen-bond acceptors (Lipinski definition) is 4. The van der Waals surface area contributed by atoms with Crippen molar-refractivity contribution in [3.05, 3.63) is 0 Å². The minimum absolute atomic E-state index is 0.0278. The highest BCUT2D eigenvalue weighted by Gasteiger charge is 1.94. The fraction of sp³-hybridized carbons (Fsp3) is 1.00. The van der Waals surface area contributed by atoms with E-state index in [-0.39, 0.29) is 13.2 Å². The summed E-state index contributed by atoms with van der Waals surface area (Å²) in [5.74, 6) is 0. The van der Waals surface area contributed by atoms with Crippen LogP contribution >= 0.6 is 0 Å². The van der Waals surface area contributed by atoms with Gasteiger partial charge in [-0.1, -0.05) is 20.3 Å². The van der Waals surface area contributed by atoms with Crippen LogP contribution in [0, 0.1) is 0 Å². The Morgan fingerprint density at radius 1 is 1.00 bits per heavy atom. The van der Waals surface area contributed by atoms with E-state index >= 15 is 0 Å². The molecule has 0 rings (SSSR count). The number of ether oxygens (including phenoxy) is 2. The van der Waals surface area contributed by atoms with Gasteiger partial charge >= 0.3 is 0 Å². The molecule has 16 heavy (non-hydrogen) atoms. The third kappa shape index (κ3) is 19.4. The second kappa shape index (κ2) is 17.2. The van der Waals surface area contributed by atoms with Gasteiger partial charge in [-0.25, -0.2) is 0 Å². The summed E-state index contributed by atoms with van der Waals surface area (Å²) < 4.78 is 10.1. The van der Waals surface area contributed by atoms with E-state index in [1.807, 2.05) is 0 Å². The van der Waals surface area contributed by atoms with Gasteiger partial charge in [0.2, 0.25) is 0 Å². The molecular weight excluding hydrogens is 208 g/mol. The van der Waals surface area contributed by atoms with E-state index in [2.05, 4.69) is 25.5 Å². The van der Waals surface area contributed by atoms with Crippen LogP contribution in [0.15, 0.2) is 0 Å². The summed E-state index contributed by atoms with van der Waals surface area (Å²) in [6.07, 6.45) is 4.02. The van der Waals surface area contributed by atoms with Crippen molar-refractivity contribution in [1.29, 1.82) is 0 Å². The third-order valence-electron chi connectivity index (χ3n) is 1.95. The molecule has 4 nitrogen and oxygen atoms in total. The third-order valence-corrected chi connectivity index (χ3v) is 1.95. The van der Waals surface area contributed by atoms with E-state index in [9.17, 15) is 0 Å². The summed E-state index contributed by atoms with van der Waals surface area (Å²) in [4.78, 5) is 0. The van der Waals surface area contributed by atoms with Crippen LogP contribution in [0.5, 0.6) is 0 Å². The van der Waals surface area contributed by atoms with Gasteiger partial charge in [0.1, 0.15) is 0 Å².